The Morgan fingerprint density at radius 2 is 2.14 bits per heavy atom. The van der Waals surface area contributed by atoms with Crippen LogP contribution >= 0.6 is 24.8 Å². The molecule has 120 valence electrons. The fourth-order valence-corrected chi connectivity index (χ4v) is 2.76. The van der Waals surface area contributed by atoms with E-state index in [0.29, 0.717) is 6.54 Å². The third-order valence-corrected chi connectivity index (χ3v) is 3.94. The van der Waals surface area contributed by atoms with E-state index in [1.807, 2.05) is 14.0 Å². The zero-order chi connectivity index (χ0) is 13.9. The van der Waals surface area contributed by atoms with E-state index in [0.717, 1.165) is 31.4 Å². The lowest BCUT2D eigenvalue weighted by atomic mass is 9.74. The monoisotopic (exact) mass is 334 g/mol. The average molecular weight is 335 g/mol. The average Bonchev–Trinajstić information content (AvgIpc) is 2.38. The molecule has 2 rings (SSSR count). The second kappa shape index (κ2) is 8.51. The van der Waals surface area contributed by atoms with E-state index < -0.39 is 0 Å². The Kier molecular flexibility index (Phi) is 8.14. The van der Waals surface area contributed by atoms with Crippen molar-refractivity contribution in [3.8, 4) is 0 Å². The molecule has 0 saturated heterocycles. The van der Waals surface area contributed by atoms with Crippen molar-refractivity contribution < 1.29 is 4.79 Å². The standard InChI is InChI=1S/C14H22N4O.2ClH/c1-14(15)6-4-3-5-12(14)13(19)18(2)10-11-9-16-7-8-17-11;;/h7-9,12H,3-6,10,15H2,1-2H3;2*1H. The number of rotatable bonds is 3. The lowest BCUT2D eigenvalue weighted by Crippen LogP contribution is -2.53. The number of amides is 1. The van der Waals surface area contributed by atoms with Gasteiger partial charge in [-0.05, 0) is 19.8 Å². The van der Waals surface area contributed by atoms with E-state index in [9.17, 15) is 4.79 Å². The van der Waals surface area contributed by atoms with Crippen LogP contribution in [0.5, 0.6) is 0 Å². The smallest absolute Gasteiger partial charge is 0.227 e. The quantitative estimate of drug-likeness (QED) is 0.919. The molecule has 1 amide bonds. The fraction of sp³-hybridized carbons (Fsp3) is 0.643. The van der Waals surface area contributed by atoms with E-state index in [1.165, 1.54) is 0 Å². The molecule has 1 aromatic heterocycles. The van der Waals surface area contributed by atoms with Crippen molar-refractivity contribution in [2.24, 2.45) is 11.7 Å². The Morgan fingerprint density at radius 1 is 1.43 bits per heavy atom. The molecule has 1 aliphatic carbocycles. The number of hydrogen-bond donors (Lipinski definition) is 1. The molecule has 0 bridgehead atoms. The third-order valence-electron chi connectivity index (χ3n) is 3.94. The first-order valence-electron chi connectivity index (χ1n) is 6.79. The van der Waals surface area contributed by atoms with E-state index in [1.54, 1.807) is 23.5 Å². The molecule has 1 aromatic rings. The number of carbonyl (C=O) groups is 1. The molecule has 1 saturated carbocycles. The summed E-state index contributed by atoms with van der Waals surface area (Å²) >= 11 is 0. The predicted octanol–water partition coefficient (Wildman–Crippen LogP) is 2.19. The van der Waals surface area contributed by atoms with E-state index >= 15 is 0 Å². The van der Waals surface area contributed by atoms with Crippen LogP contribution in [0.3, 0.4) is 0 Å². The van der Waals surface area contributed by atoms with Gasteiger partial charge in [0.1, 0.15) is 0 Å². The molecular weight excluding hydrogens is 311 g/mol. The van der Waals surface area contributed by atoms with Gasteiger partial charge < -0.3 is 10.6 Å². The molecule has 1 heterocycles. The van der Waals surface area contributed by atoms with Crippen molar-refractivity contribution in [1.29, 1.82) is 0 Å². The highest BCUT2D eigenvalue weighted by Crippen LogP contribution is 2.32. The maximum atomic E-state index is 12.5. The van der Waals surface area contributed by atoms with E-state index in [-0.39, 0.29) is 42.2 Å². The molecule has 5 nitrogen and oxygen atoms in total. The van der Waals surface area contributed by atoms with Crippen molar-refractivity contribution in [1.82, 2.24) is 14.9 Å². The number of nitrogens with two attached hydrogens (primary N) is 1. The molecule has 0 spiro atoms. The van der Waals surface area contributed by atoms with Gasteiger partial charge in [-0.2, -0.15) is 0 Å². The minimum atomic E-state index is -0.383. The van der Waals surface area contributed by atoms with Gasteiger partial charge in [-0.3, -0.25) is 14.8 Å². The molecule has 0 aromatic carbocycles. The maximum Gasteiger partial charge on any atom is 0.227 e. The van der Waals surface area contributed by atoms with Crippen molar-refractivity contribution >= 4 is 30.7 Å². The van der Waals surface area contributed by atoms with Gasteiger partial charge in [0.15, 0.2) is 0 Å². The summed E-state index contributed by atoms with van der Waals surface area (Å²) in [6.45, 7) is 2.48. The van der Waals surface area contributed by atoms with Crippen molar-refractivity contribution in [3.63, 3.8) is 0 Å². The largest absolute Gasteiger partial charge is 0.339 e. The molecule has 2 atom stereocenters. The van der Waals surface area contributed by atoms with Gasteiger partial charge in [0, 0.05) is 25.0 Å². The van der Waals surface area contributed by atoms with E-state index in [2.05, 4.69) is 9.97 Å². The van der Waals surface area contributed by atoms with Crippen molar-refractivity contribution in [3.05, 3.63) is 24.3 Å². The minimum absolute atomic E-state index is 0. The molecule has 0 aliphatic heterocycles. The topological polar surface area (TPSA) is 72.1 Å². The summed E-state index contributed by atoms with van der Waals surface area (Å²) in [6, 6.07) is 0. The Hall–Kier alpha value is -0.910. The van der Waals surface area contributed by atoms with Crippen LogP contribution in [0.4, 0.5) is 0 Å². The Bertz CT molecular complexity index is 442. The Morgan fingerprint density at radius 3 is 2.71 bits per heavy atom. The van der Waals surface area contributed by atoms with Crippen LogP contribution in [0.15, 0.2) is 18.6 Å². The van der Waals surface area contributed by atoms with Crippen LogP contribution in [-0.2, 0) is 11.3 Å². The summed E-state index contributed by atoms with van der Waals surface area (Å²) in [6.07, 6.45) is 8.96. The number of nitrogens with zero attached hydrogens (tertiary/aromatic N) is 3. The zero-order valence-electron chi connectivity index (χ0n) is 12.5. The minimum Gasteiger partial charge on any atom is -0.339 e. The number of halogens is 2. The molecule has 1 aliphatic rings. The SMILES string of the molecule is CN(Cc1cnccn1)C(=O)C1CCCCC1(C)N.Cl.Cl. The second-order valence-electron chi connectivity index (χ2n) is 5.70. The van der Waals surface area contributed by atoms with Crippen molar-refractivity contribution in [2.75, 3.05) is 7.05 Å². The summed E-state index contributed by atoms with van der Waals surface area (Å²) in [5, 5.41) is 0. The van der Waals surface area contributed by atoms with Gasteiger partial charge in [0.05, 0.1) is 24.4 Å². The predicted molar refractivity (Wildman–Crippen MR) is 87.6 cm³/mol. The normalized spacial score (nSPS) is 24.4. The summed E-state index contributed by atoms with van der Waals surface area (Å²) < 4.78 is 0. The van der Waals surface area contributed by atoms with Gasteiger partial charge >= 0.3 is 0 Å². The highest BCUT2D eigenvalue weighted by molar-refractivity contribution is 5.85. The highest BCUT2D eigenvalue weighted by atomic mass is 35.5. The number of aromatic nitrogens is 2. The van der Waals surface area contributed by atoms with Crippen LogP contribution in [0.25, 0.3) is 0 Å². The lowest BCUT2D eigenvalue weighted by Gasteiger charge is -2.39. The summed E-state index contributed by atoms with van der Waals surface area (Å²) in [5.41, 5.74) is 6.69. The number of carbonyl (C=O) groups excluding carboxylic acids is 1. The molecular formula is C14H24Cl2N4O. The summed E-state index contributed by atoms with van der Waals surface area (Å²) in [7, 11) is 1.81. The van der Waals surface area contributed by atoms with Crippen molar-refractivity contribution in [2.45, 2.75) is 44.7 Å². The molecule has 1 fully saturated rings. The Balaban J connectivity index is 0.00000200. The van der Waals surface area contributed by atoms with Crippen LogP contribution in [-0.4, -0.2) is 33.4 Å². The first-order valence-corrected chi connectivity index (χ1v) is 6.79. The van der Waals surface area contributed by atoms with E-state index in [4.69, 9.17) is 5.73 Å². The first-order chi connectivity index (χ1) is 9.00. The summed E-state index contributed by atoms with van der Waals surface area (Å²) in [4.78, 5) is 22.4. The van der Waals surface area contributed by atoms with Crippen LogP contribution < -0.4 is 5.73 Å². The summed E-state index contributed by atoms with van der Waals surface area (Å²) in [5.74, 6) is 0.0401. The fourth-order valence-electron chi connectivity index (χ4n) is 2.76. The Labute approximate surface area is 138 Å². The molecule has 7 heteroatoms. The van der Waals surface area contributed by atoms with Gasteiger partial charge in [-0.15, -0.1) is 24.8 Å². The van der Waals surface area contributed by atoms with Gasteiger partial charge in [0.25, 0.3) is 0 Å². The first kappa shape index (κ1) is 20.1. The van der Waals surface area contributed by atoms with Crippen LogP contribution in [0, 0.1) is 5.92 Å². The molecule has 21 heavy (non-hydrogen) atoms. The van der Waals surface area contributed by atoms with Crippen LogP contribution in [0.2, 0.25) is 0 Å². The van der Waals surface area contributed by atoms with Gasteiger partial charge in [0.2, 0.25) is 5.91 Å². The van der Waals surface area contributed by atoms with Gasteiger partial charge in [-0.25, -0.2) is 0 Å². The van der Waals surface area contributed by atoms with Crippen LogP contribution in [0.1, 0.15) is 38.3 Å². The highest BCUT2D eigenvalue weighted by Gasteiger charge is 2.39. The second-order valence-corrected chi connectivity index (χ2v) is 5.70. The molecule has 2 unspecified atom stereocenters. The maximum absolute atomic E-state index is 12.5. The third kappa shape index (κ3) is 5.09. The number of hydrogen-bond acceptors (Lipinski definition) is 4. The molecule has 0 radical (unpaired) electrons. The zero-order valence-corrected chi connectivity index (χ0v) is 14.1. The molecule has 2 N–H and O–H groups in total. The van der Waals surface area contributed by atoms with Gasteiger partial charge in [-0.1, -0.05) is 12.8 Å². The lowest BCUT2D eigenvalue weighted by molar-refractivity contribution is -0.138.